The highest BCUT2D eigenvalue weighted by Gasteiger charge is 2.17. The topological polar surface area (TPSA) is 132 Å². The average molecular weight is 501 g/mol. The van der Waals surface area contributed by atoms with E-state index in [1.165, 1.54) is 18.2 Å². The second-order valence-electron chi connectivity index (χ2n) is 7.12. The molecular formula is C22H21ClN6O4S. The summed E-state index contributed by atoms with van der Waals surface area (Å²) in [5.74, 6) is -0.122. The van der Waals surface area contributed by atoms with Gasteiger partial charge in [-0.1, -0.05) is 29.4 Å². The van der Waals surface area contributed by atoms with Crippen molar-refractivity contribution < 1.29 is 14.5 Å². The molecule has 0 saturated heterocycles. The number of nitro groups is 1. The van der Waals surface area contributed by atoms with E-state index in [0.717, 1.165) is 11.8 Å². The van der Waals surface area contributed by atoms with Crippen molar-refractivity contribution in [2.24, 2.45) is 0 Å². The minimum Gasteiger partial charge on any atom is -0.326 e. The lowest BCUT2D eigenvalue weighted by Crippen LogP contribution is -2.18. The van der Waals surface area contributed by atoms with Gasteiger partial charge in [0.25, 0.3) is 5.69 Å². The molecule has 0 fully saturated rings. The summed E-state index contributed by atoms with van der Waals surface area (Å²) in [6.45, 7) is 5.77. The van der Waals surface area contributed by atoms with Crippen molar-refractivity contribution in [2.75, 3.05) is 16.4 Å². The second kappa shape index (κ2) is 11.4. The quantitative estimate of drug-likeness (QED) is 0.184. The first-order valence-corrected chi connectivity index (χ1v) is 11.4. The zero-order chi connectivity index (χ0) is 24.7. The van der Waals surface area contributed by atoms with Crippen LogP contribution in [-0.4, -0.2) is 37.3 Å². The van der Waals surface area contributed by atoms with Crippen LogP contribution in [-0.2, 0) is 22.6 Å². The molecule has 1 heterocycles. The van der Waals surface area contributed by atoms with Gasteiger partial charge in [-0.25, -0.2) is 0 Å². The molecule has 0 atom stereocenters. The first-order valence-electron chi connectivity index (χ1n) is 10.0. The summed E-state index contributed by atoms with van der Waals surface area (Å²) < 4.78 is 1.71. The van der Waals surface area contributed by atoms with Crippen LogP contribution in [0.5, 0.6) is 0 Å². The third-order valence-electron chi connectivity index (χ3n) is 4.58. The monoisotopic (exact) mass is 500 g/mol. The van der Waals surface area contributed by atoms with Gasteiger partial charge in [-0.15, -0.1) is 16.8 Å². The fourth-order valence-electron chi connectivity index (χ4n) is 2.97. The van der Waals surface area contributed by atoms with Gasteiger partial charge in [0.05, 0.1) is 17.1 Å². The highest BCUT2D eigenvalue weighted by molar-refractivity contribution is 7.99. The van der Waals surface area contributed by atoms with Crippen LogP contribution >= 0.6 is 23.4 Å². The number of hydrogen-bond acceptors (Lipinski definition) is 7. The molecule has 0 aliphatic rings. The summed E-state index contributed by atoms with van der Waals surface area (Å²) in [7, 11) is 0. The molecule has 176 valence electrons. The Bertz CT molecular complexity index is 1230. The van der Waals surface area contributed by atoms with Crippen molar-refractivity contribution in [1.29, 1.82) is 0 Å². The van der Waals surface area contributed by atoms with Crippen molar-refractivity contribution in [3.63, 3.8) is 0 Å². The van der Waals surface area contributed by atoms with Crippen molar-refractivity contribution in [3.05, 3.63) is 81.6 Å². The van der Waals surface area contributed by atoms with Crippen LogP contribution < -0.4 is 10.6 Å². The van der Waals surface area contributed by atoms with Gasteiger partial charge in [0.15, 0.2) is 5.16 Å². The van der Waals surface area contributed by atoms with Gasteiger partial charge in [0, 0.05) is 35.1 Å². The van der Waals surface area contributed by atoms with E-state index in [1.807, 2.05) is 0 Å². The lowest BCUT2D eigenvalue weighted by atomic mass is 10.2. The number of nitrogens with one attached hydrogen (secondary N) is 2. The van der Waals surface area contributed by atoms with Crippen LogP contribution in [0.4, 0.5) is 17.1 Å². The maximum atomic E-state index is 12.4. The molecule has 3 aromatic rings. The summed E-state index contributed by atoms with van der Waals surface area (Å²) in [6.07, 6.45) is 1.63. The maximum absolute atomic E-state index is 12.4. The Hall–Kier alpha value is -3.70. The van der Waals surface area contributed by atoms with Gasteiger partial charge in [0.2, 0.25) is 11.8 Å². The predicted octanol–water partition coefficient (Wildman–Crippen LogP) is 4.25. The Morgan fingerprint density at radius 1 is 1.18 bits per heavy atom. The highest BCUT2D eigenvalue weighted by Crippen LogP contribution is 2.23. The van der Waals surface area contributed by atoms with Crippen molar-refractivity contribution in [3.8, 4) is 0 Å². The number of nitro benzene ring substituents is 1. The largest absolute Gasteiger partial charge is 0.326 e. The van der Waals surface area contributed by atoms with Gasteiger partial charge in [0.1, 0.15) is 5.82 Å². The Kier molecular flexibility index (Phi) is 8.39. The van der Waals surface area contributed by atoms with Crippen LogP contribution in [0, 0.1) is 17.0 Å². The number of halogens is 1. The SMILES string of the molecule is C=CCn1c(CC(=O)Nc2ccc(Cl)cc2)nnc1SCC(=O)Nc1ccc([N+](=O)[O-])cc1C. The minimum atomic E-state index is -0.492. The van der Waals surface area contributed by atoms with Gasteiger partial charge in [-0.2, -0.15) is 0 Å². The van der Waals surface area contributed by atoms with Crippen LogP contribution in [0.1, 0.15) is 11.4 Å². The molecular weight excluding hydrogens is 480 g/mol. The molecule has 0 saturated carbocycles. The molecule has 2 amide bonds. The first kappa shape index (κ1) is 24.9. The van der Waals surface area contributed by atoms with E-state index in [2.05, 4.69) is 27.4 Å². The van der Waals surface area contributed by atoms with Gasteiger partial charge in [-0.05, 0) is 42.8 Å². The smallest absolute Gasteiger partial charge is 0.269 e. The fourth-order valence-corrected chi connectivity index (χ4v) is 3.86. The van der Waals surface area contributed by atoms with E-state index in [9.17, 15) is 19.7 Å². The molecule has 0 aliphatic carbocycles. The number of anilines is 2. The molecule has 10 nitrogen and oxygen atoms in total. The number of aromatic nitrogens is 3. The van der Waals surface area contributed by atoms with Crippen molar-refractivity contribution in [2.45, 2.75) is 25.0 Å². The van der Waals surface area contributed by atoms with E-state index < -0.39 is 4.92 Å². The van der Waals surface area contributed by atoms with Crippen molar-refractivity contribution in [1.82, 2.24) is 14.8 Å². The minimum absolute atomic E-state index is 0.0157. The Morgan fingerprint density at radius 2 is 1.91 bits per heavy atom. The molecule has 0 aliphatic heterocycles. The van der Waals surface area contributed by atoms with E-state index in [0.29, 0.717) is 39.5 Å². The number of rotatable bonds is 10. The number of amides is 2. The van der Waals surface area contributed by atoms with E-state index in [1.54, 1.807) is 41.8 Å². The molecule has 0 spiro atoms. The Balaban J connectivity index is 1.62. The van der Waals surface area contributed by atoms with E-state index in [4.69, 9.17) is 11.6 Å². The summed E-state index contributed by atoms with van der Waals surface area (Å²) in [5, 5.41) is 25.6. The summed E-state index contributed by atoms with van der Waals surface area (Å²) in [4.78, 5) is 35.2. The first-order chi connectivity index (χ1) is 16.3. The van der Waals surface area contributed by atoms with E-state index >= 15 is 0 Å². The maximum Gasteiger partial charge on any atom is 0.269 e. The molecule has 12 heteroatoms. The molecule has 1 aromatic heterocycles. The molecule has 2 aromatic carbocycles. The number of thioether (sulfide) groups is 1. The Labute approximate surface area is 204 Å². The zero-order valence-electron chi connectivity index (χ0n) is 18.2. The molecule has 2 N–H and O–H groups in total. The second-order valence-corrected chi connectivity index (χ2v) is 8.50. The fraction of sp³-hybridized carbons (Fsp3) is 0.182. The van der Waals surface area contributed by atoms with Crippen LogP contribution in [0.25, 0.3) is 0 Å². The van der Waals surface area contributed by atoms with Gasteiger partial charge in [-0.3, -0.25) is 19.7 Å². The third-order valence-corrected chi connectivity index (χ3v) is 5.80. The van der Waals surface area contributed by atoms with E-state index in [-0.39, 0.29) is 29.7 Å². The van der Waals surface area contributed by atoms with Gasteiger partial charge < -0.3 is 15.2 Å². The average Bonchev–Trinajstić information content (AvgIpc) is 3.16. The summed E-state index contributed by atoms with van der Waals surface area (Å²) in [6, 6.07) is 11.0. The van der Waals surface area contributed by atoms with Crippen LogP contribution in [0.3, 0.4) is 0 Å². The summed E-state index contributed by atoms with van der Waals surface area (Å²) in [5.41, 5.74) is 1.63. The van der Waals surface area contributed by atoms with Crippen LogP contribution in [0.15, 0.2) is 60.3 Å². The van der Waals surface area contributed by atoms with Crippen LogP contribution in [0.2, 0.25) is 5.02 Å². The molecule has 34 heavy (non-hydrogen) atoms. The normalized spacial score (nSPS) is 10.5. The van der Waals surface area contributed by atoms with Gasteiger partial charge >= 0.3 is 0 Å². The number of carbonyl (C=O) groups is 2. The number of benzene rings is 2. The molecule has 0 unspecified atom stereocenters. The molecule has 0 bridgehead atoms. The number of carbonyl (C=O) groups excluding carboxylic acids is 2. The lowest BCUT2D eigenvalue weighted by Gasteiger charge is -2.10. The number of non-ortho nitro benzene ring substituents is 1. The lowest BCUT2D eigenvalue weighted by molar-refractivity contribution is -0.384. The Morgan fingerprint density at radius 3 is 2.56 bits per heavy atom. The number of allylic oxidation sites excluding steroid dienone is 1. The standard InChI is InChI=1S/C22H21ClN6O4S/c1-3-10-28-19(12-20(30)24-16-6-4-15(23)5-7-16)26-27-22(28)34-13-21(31)25-18-9-8-17(29(32)33)11-14(18)2/h3-9,11H,1,10,12-13H2,2H3,(H,24,30)(H,25,31). The number of aryl methyl sites for hydroxylation is 1. The third kappa shape index (κ3) is 6.65. The predicted molar refractivity (Wildman–Crippen MR) is 131 cm³/mol. The molecule has 0 radical (unpaired) electrons. The van der Waals surface area contributed by atoms with Crippen molar-refractivity contribution >= 4 is 52.2 Å². The number of nitrogens with zero attached hydrogens (tertiary/aromatic N) is 4. The molecule has 3 rings (SSSR count). The number of hydrogen-bond donors (Lipinski definition) is 2. The zero-order valence-corrected chi connectivity index (χ0v) is 19.7. The summed E-state index contributed by atoms with van der Waals surface area (Å²) >= 11 is 7.02. The highest BCUT2D eigenvalue weighted by atomic mass is 35.5.